The zero-order valence-electron chi connectivity index (χ0n) is 11.1. The van der Waals surface area contributed by atoms with Crippen molar-refractivity contribution in [3.63, 3.8) is 0 Å². The highest BCUT2D eigenvalue weighted by atomic mass is 19.1. The Morgan fingerprint density at radius 2 is 2.05 bits per heavy atom. The molecule has 0 saturated heterocycles. The number of aromatic amines is 1. The number of rotatable bonds is 3. The van der Waals surface area contributed by atoms with Crippen LogP contribution in [0.25, 0.3) is 22.2 Å². The van der Waals surface area contributed by atoms with Crippen molar-refractivity contribution in [3.8, 4) is 17.0 Å². The van der Waals surface area contributed by atoms with E-state index in [2.05, 4.69) is 4.98 Å². The van der Waals surface area contributed by atoms with Gasteiger partial charge in [0.2, 0.25) is 0 Å². The third kappa shape index (κ3) is 2.04. The standard InChI is InChI=1S/C16H15FN2O/c1-20-12-4-2-3-10(7-12)16-14(9-18)13-8-11(17)5-6-15(13)19-16/h2-8,19H,9,18H2,1H3. The molecule has 1 heterocycles. The first-order valence-corrected chi connectivity index (χ1v) is 6.37. The van der Waals surface area contributed by atoms with Crippen molar-refractivity contribution in [1.29, 1.82) is 0 Å². The molecular formula is C16H15FN2O. The number of ether oxygens (including phenoxy) is 1. The number of fused-ring (bicyclic) bond motifs is 1. The molecule has 102 valence electrons. The zero-order valence-corrected chi connectivity index (χ0v) is 11.1. The summed E-state index contributed by atoms with van der Waals surface area (Å²) in [5, 5.41) is 0.824. The Balaban J connectivity index is 2.24. The molecule has 0 spiro atoms. The summed E-state index contributed by atoms with van der Waals surface area (Å²) in [4.78, 5) is 3.31. The van der Waals surface area contributed by atoms with Gasteiger partial charge in [0.15, 0.2) is 0 Å². The average molecular weight is 270 g/mol. The minimum absolute atomic E-state index is 0.261. The molecule has 3 rings (SSSR count). The Morgan fingerprint density at radius 1 is 1.20 bits per heavy atom. The molecule has 0 atom stereocenters. The highest BCUT2D eigenvalue weighted by Crippen LogP contribution is 2.32. The van der Waals surface area contributed by atoms with Crippen LogP contribution in [0.5, 0.6) is 5.75 Å². The molecule has 0 aliphatic carbocycles. The molecule has 0 fully saturated rings. The molecular weight excluding hydrogens is 255 g/mol. The Bertz CT molecular complexity index is 764. The van der Waals surface area contributed by atoms with Gasteiger partial charge in [0.1, 0.15) is 11.6 Å². The molecule has 2 aromatic carbocycles. The van der Waals surface area contributed by atoms with E-state index >= 15 is 0 Å². The SMILES string of the molecule is COc1cccc(-c2[nH]c3ccc(F)cc3c2CN)c1. The number of hydrogen-bond donors (Lipinski definition) is 2. The number of methoxy groups -OCH3 is 1. The summed E-state index contributed by atoms with van der Waals surface area (Å²) < 4.78 is 18.6. The van der Waals surface area contributed by atoms with Crippen LogP contribution in [0.2, 0.25) is 0 Å². The van der Waals surface area contributed by atoms with Gasteiger partial charge in [-0.15, -0.1) is 0 Å². The van der Waals surface area contributed by atoms with Crippen molar-refractivity contribution >= 4 is 10.9 Å². The van der Waals surface area contributed by atoms with Gasteiger partial charge in [-0.05, 0) is 35.9 Å². The van der Waals surface area contributed by atoms with E-state index in [0.717, 1.165) is 33.5 Å². The van der Waals surface area contributed by atoms with Crippen LogP contribution in [0.4, 0.5) is 4.39 Å². The molecule has 3 nitrogen and oxygen atoms in total. The zero-order chi connectivity index (χ0) is 14.1. The van der Waals surface area contributed by atoms with Crippen molar-refractivity contribution in [2.75, 3.05) is 7.11 Å². The summed E-state index contributed by atoms with van der Waals surface area (Å²) in [6.07, 6.45) is 0. The van der Waals surface area contributed by atoms with Crippen LogP contribution in [-0.4, -0.2) is 12.1 Å². The average Bonchev–Trinajstić information content (AvgIpc) is 2.85. The lowest BCUT2D eigenvalue weighted by Crippen LogP contribution is -1.97. The number of nitrogens with one attached hydrogen (secondary N) is 1. The van der Waals surface area contributed by atoms with Gasteiger partial charge in [0.25, 0.3) is 0 Å². The van der Waals surface area contributed by atoms with Gasteiger partial charge in [0.05, 0.1) is 12.8 Å². The van der Waals surface area contributed by atoms with Crippen LogP contribution < -0.4 is 10.5 Å². The Morgan fingerprint density at radius 3 is 2.80 bits per heavy atom. The van der Waals surface area contributed by atoms with E-state index in [1.165, 1.54) is 12.1 Å². The monoisotopic (exact) mass is 270 g/mol. The lowest BCUT2D eigenvalue weighted by Gasteiger charge is -2.05. The fourth-order valence-electron chi connectivity index (χ4n) is 2.46. The second-order valence-electron chi connectivity index (χ2n) is 4.60. The van der Waals surface area contributed by atoms with E-state index in [-0.39, 0.29) is 5.82 Å². The number of halogens is 1. The number of hydrogen-bond acceptors (Lipinski definition) is 2. The molecule has 20 heavy (non-hydrogen) atoms. The van der Waals surface area contributed by atoms with Crippen LogP contribution in [0, 0.1) is 5.82 Å². The third-order valence-electron chi connectivity index (χ3n) is 3.43. The normalized spacial score (nSPS) is 10.9. The van der Waals surface area contributed by atoms with E-state index in [9.17, 15) is 4.39 Å². The van der Waals surface area contributed by atoms with Gasteiger partial charge in [0, 0.05) is 23.0 Å². The van der Waals surface area contributed by atoms with E-state index in [0.29, 0.717) is 6.54 Å². The van der Waals surface area contributed by atoms with Crippen LogP contribution in [0.3, 0.4) is 0 Å². The fraction of sp³-hybridized carbons (Fsp3) is 0.125. The maximum absolute atomic E-state index is 13.4. The third-order valence-corrected chi connectivity index (χ3v) is 3.43. The second kappa shape index (κ2) is 4.98. The van der Waals surface area contributed by atoms with Crippen LogP contribution >= 0.6 is 0 Å². The molecule has 0 amide bonds. The van der Waals surface area contributed by atoms with Gasteiger partial charge in [-0.25, -0.2) is 4.39 Å². The lowest BCUT2D eigenvalue weighted by atomic mass is 10.1. The second-order valence-corrected chi connectivity index (χ2v) is 4.60. The molecule has 0 aliphatic heterocycles. The van der Waals surface area contributed by atoms with Crippen molar-refractivity contribution < 1.29 is 9.13 Å². The van der Waals surface area contributed by atoms with Crippen molar-refractivity contribution in [2.24, 2.45) is 5.73 Å². The first-order valence-electron chi connectivity index (χ1n) is 6.37. The van der Waals surface area contributed by atoms with Gasteiger partial charge >= 0.3 is 0 Å². The minimum Gasteiger partial charge on any atom is -0.497 e. The molecule has 0 saturated carbocycles. The summed E-state index contributed by atoms with van der Waals surface area (Å²) in [6, 6.07) is 12.4. The molecule has 0 radical (unpaired) electrons. The van der Waals surface area contributed by atoms with Crippen molar-refractivity contribution in [1.82, 2.24) is 4.98 Å². The fourth-order valence-corrected chi connectivity index (χ4v) is 2.46. The van der Waals surface area contributed by atoms with Gasteiger partial charge in [-0.2, -0.15) is 0 Å². The summed E-state index contributed by atoms with van der Waals surface area (Å²) in [5.74, 6) is 0.513. The van der Waals surface area contributed by atoms with Crippen LogP contribution in [0.15, 0.2) is 42.5 Å². The van der Waals surface area contributed by atoms with E-state index in [4.69, 9.17) is 10.5 Å². The predicted octanol–water partition coefficient (Wildman–Crippen LogP) is 3.44. The van der Waals surface area contributed by atoms with Gasteiger partial charge in [-0.3, -0.25) is 0 Å². The maximum Gasteiger partial charge on any atom is 0.123 e. The minimum atomic E-state index is -0.261. The molecule has 0 aliphatic rings. The number of H-pyrrole nitrogens is 1. The highest BCUT2D eigenvalue weighted by molar-refractivity contribution is 5.91. The van der Waals surface area contributed by atoms with Crippen molar-refractivity contribution in [2.45, 2.75) is 6.54 Å². The molecule has 3 aromatic rings. The first-order chi connectivity index (χ1) is 9.72. The Kier molecular flexibility index (Phi) is 3.16. The number of nitrogens with two attached hydrogens (primary N) is 1. The largest absolute Gasteiger partial charge is 0.497 e. The Hall–Kier alpha value is -2.33. The van der Waals surface area contributed by atoms with Crippen molar-refractivity contribution in [3.05, 3.63) is 53.8 Å². The van der Waals surface area contributed by atoms with Crippen LogP contribution in [-0.2, 0) is 6.54 Å². The van der Waals surface area contributed by atoms with E-state index in [1.807, 2.05) is 24.3 Å². The number of benzene rings is 2. The smallest absolute Gasteiger partial charge is 0.123 e. The van der Waals surface area contributed by atoms with E-state index in [1.54, 1.807) is 13.2 Å². The van der Waals surface area contributed by atoms with Gasteiger partial charge in [-0.1, -0.05) is 12.1 Å². The van der Waals surface area contributed by atoms with Gasteiger partial charge < -0.3 is 15.5 Å². The summed E-state index contributed by atoms with van der Waals surface area (Å²) >= 11 is 0. The lowest BCUT2D eigenvalue weighted by molar-refractivity contribution is 0.415. The molecule has 0 unspecified atom stereocenters. The Labute approximate surface area is 116 Å². The van der Waals surface area contributed by atoms with Crippen LogP contribution in [0.1, 0.15) is 5.56 Å². The summed E-state index contributed by atoms with van der Waals surface area (Å²) in [6.45, 7) is 0.343. The number of aromatic nitrogens is 1. The topological polar surface area (TPSA) is 51.0 Å². The summed E-state index contributed by atoms with van der Waals surface area (Å²) in [5.41, 5.74) is 9.52. The first kappa shape index (κ1) is 12.7. The predicted molar refractivity (Wildman–Crippen MR) is 78.1 cm³/mol. The highest BCUT2D eigenvalue weighted by Gasteiger charge is 2.13. The molecule has 0 bridgehead atoms. The maximum atomic E-state index is 13.4. The molecule has 4 heteroatoms. The summed E-state index contributed by atoms with van der Waals surface area (Å²) in [7, 11) is 1.63. The van der Waals surface area contributed by atoms with E-state index < -0.39 is 0 Å². The quantitative estimate of drug-likeness (QED) is 0.766. The molecule has 3 N–H and O–H groups in total. The molecule has 1 aromatic heterocycles.